The molecular weight excluding hydrogens is 384 g/mol. The Morgan fingerprint density at radius 1 is 0.750 bits per heavy atom. The van der Waals surface area contributed by atoms with Crippen LogP contribution in [0, 0.1) is 37.5 Å². The third kappa shape index (κ3) is 5.56. The first-order valence-electron chi connectivity index (χ1n) is 13.4. The van der Waals surface area contributed by atoms with Crippen molar-refractivity contribution in [3.8, 4) is 11.1 Å². The Balaban J connectivity index is 1.28. The highest BCUT2D eigenvalue weighted by atomic mass is 14.3. The van der Waals surface area contributed by atoms with E-state index in [0.717, 1.165) is 23.7 Å². The van der Waals surface area contributed by atoms with E-state index in [0.29, 0.717) is 0 Å². The number of benzene rings is 2. The molecule has 32 heavy (non-hydrogen) atoms. The molecule has 0 N–H and O–H groups in total. The van der Waals surface area contributed by atoms with Gasteiger partial charge < -0.3 is 0 Å². The van der Waals surface area contributed by atoms with Crippen molar-refractivity contribution in [3.63, 3.8) is 0 Å². The third-order valence-corrected chi connectivity index (χ3v) is 8.90. The van der Waals surface area contributed by atoms with Crippen LogP contribution in [-0.4, -0.2) is 0 Å². The number of hydrogen-bond acceptors (Lipinski definition) is 0. The zero-order chi connectivity index (χ0) is 22.5. The lowest BCUT2D eigenvalue weighted by atomic mass is 9.69. The predicted octanol–water partition coefficient (Wildman–Crippen LogP) is 9.57. The first-order chi connectivity index (χ1) is 15.5. The van der Waals surface area contributed by atoms with Gasteiger partial charge in [-0.15, -0.1) is 0 Å². The Bertz CT molecular complexity index is 884. The summed E-state index contributed by atoms with van der Waals surface area (Å²) < 4.78 is 0. The van der Waals surface area contributed by atoms with Crippen molar-refractivity contribution in [2.45, 2.75) is 91.9 Å². The summed E-state index contributed by atoms with van der Waals surface area (Å²) in [5.41, 5.74) is 8.36. The summed E-state index contributed by atoms with van der Waals surface area (Å²) in [6, 6.07) is 14.0. The molecule has 2 aliphatic rings. The lowest BCUT2D eigenvalue weighted by Crippen LogP contribution is -2.25. The van der Waals surface area contributed by atoms with E-state index in [2.05, 4.69) is 76.2 Å². The Morgan fingerprint density at radius 2 is 1.38 bits per heavy atom. The van der Waals surface area contributed by atoms with Gasteiger partial charge in [-0.25, -0.2) is 0 Å². The number of hydrogen-bond donors (Lipinski definition) is 0. The zero-order valence-electron chi connectivity index (χ0n) is 21.0. The average Bonchev–Trinajstić information content (AvgIpc) is 2.82. The molecule has 0 radical (unpaired) electrons. The Kier molecular flexibility index (Phi) is 7.93. The molecule has 0 unspecified atom stereocenters. The fourth-order valence-corrected chi connectivity index (χ4v) is 6.44. The number of allylic oxidation sites excluding steroid dienone is 1. The summed E-state index contributed by atoms with van der Waals surface area (Å²) in [4.78, 5) is 0. The van der Waals surface area contributed by atoms with E-state index in [1.54, 1.807) is 0 Å². The SMILES string of the molecule is C/C=C/c1ccc(-c2ccc(CCC3CCC(C4CCC(C)CC4)CC3)cc2)c(C)c1C. The molecule has 172 valence electrons. The normalized spacial score (nSPS) is 26.5. The van der Waals surface area contributed by atoms with E-state index in [9.17, 15) is 0 Å². The molecule has 0 bridgehead atoms. The molecular formula is C32H44. The van der Waals surface area contributed by atoms with Crippen LogP contribution in [0.5, 0.6) is 0 Å². The minimum Gasteiger partial charge on any atom is -0.0871 e. The largest absolute Gasteiger partial charge is 0.0871 e. The second-order valence-electron chi connectivity index (χ2n) is 11.0. The van der Waals surface area contributed by atoms with E-state index in [4.69, 9.17) is 0 Å². The lowest BCUT2D eigenvalue weighted by Gasteiger charge is -2.37. The fraction of sp³-hybridized carbons (Fsp3) is 0.562. The molecule has 2 aliphatic carbocycles. The molecule has 0 spiro atoms. The molecule has 0 heterocycles. The highest BCUT2D eigenvalue weighted by Crippen LogP contribution is 2.42. The van der Waals surface area contributed by atoms with Gasteiger partial charge in [0.05, 0.1) is 0 Å². The summed E-state index contributed by atoms with van der Waals surface area (Å²) in [5, 5.41) is 0. The van der Waals surface area contributed by atoms with Gasteiger partial charge in [0, 0.05) is 0 Å². The molecule has 0 saturated heterocycles. The van der Waals surface area contributed by atoms with Gasteiger partial charge in [0.15, 0.2) is 0 Å². The molecule has 4 rings (SSSR count). The van der Waals surface area contributed by atoms with E-state index in [1.807, 2.05) is 0 Å². The molecule has 0 nitrogen and oxygen atoms in total. The van der Waals surface area contributed by atoms with Gasteiger partial charge in [0.25, 0.3) is 0 Å². The van der Waals surface area contributed by atoms with Crippen molar-refractivity contribution in [2.75, 3.05) is 0 Å². The van der Waals surface area contributed by atoms with Crippen molar-refractivity contribution in [2.24, 2.45) is 23.7 Å². The molecule has 2 saturated carbocycles. The molecule has 2 fully saturated rings. The Labute approximate surface area is 197 Å². The molecule has 0 aromatic heterocycles. The van der Waals surface area contributed by atoms with Crippen LogP contribution in [0.25, 0.3) is 17.2 Å². The average molecular weight is 429 g/mol. The monoisotopic (exact) mass is 428 g/mol. The molecule has 2 aromatic carbocycles. The first kappa shape index (κ1) is 23.3. The van der Waals surface area contributed by atoms with Crippen molar-refractivity contribution < 1.29 is 0 Å². The van der Waals surface area contributed by atoms with Gasteiger partial charge in [-0.05, 0) is 116 Å². The second kappa shape index (κ2) is 10.9. The quantitative estimate of drug-likeness (QED) is 0.429. The number of aryl methyl sites for hydroxylation is 1. The molecule has 2 aromatic rings. The van der Waals surface area contributed by atoms with Crippen LogP contribution in [0.4, 0.5) is 0 Å². The van der Waals surface area contributed by atoms with E-state index in [1.165, 1.54) is 97.6 Å². The van der Waals surface area contributed by atoms with Crippen molar-refractivity contribution >= 4 is 6.08 Å². The van der Waals surface area contributed by atoms with Gasteiger partial charge in [-0.2, -0.15) is 0 Å². The van der Waals surface area contributed by atoms with Crippen LogP contribution in [0.3, 0.4) is 0 Å². The van der Waals surface area contributed by atoms with Crippen LogP contribution < -0.4 is 0 Å². The van der Waals surface area contributed by atoms with Gasteiger partial charge in [0.1, 0.15) is 0 Å². The van der Waals surface area contributed by atoms with E-state index < -0.39 is 0 Å². The summed E-state index contributed by atoms with van der Waals surface area (Å²) >= 11 is 0. The van der Waals surface area contributed by atoms with E-state index >= 15 is 0 Å². The summed E-state index contributed by atoms with van der Waals surface area (Å²) in [6.07, 6.45) is 18.9. The van der Waals surface area contributed by atoms with E-state index in [-0.39, 0.29) is 0 Å². The zero-order valence-corrected chi connectivity index (χ0v) is 21.0. The topological polar surface area (TPSA) is 0 Å². The highest BCUT2D eigenvalue weighted by molar-refractivity contribution is 5.72. The van der Waals surface area contributed by atoms with Crippen LogP contribution >= 0.6 is 0 Å². The standard InChI is InChI=1S/C32H44/c1-5-6-28-21-22-32(25(4)24(28)3)31-19-13-27(14-20-31)10-9-26-11-17-30(18-12-26)29-15-7-23(2)8-16-29/h5-6,13-14,19-23,26,29-30H,7-12,15-18H2,1-4H3/b6-5+. The van der Waals surface area contributed by atoms with Crippen LogP contribution in [0.15, 0.2) is 42.5 Å². The number of rotatable bonds is 6. The van der Waals surface area contributed by atoms with Crippen LogP contribution in [0.1, 0.15) is 93.9 Å². The van der Waals surface area contributed by atoms with Gasteiger partial charge in [-0.1, -0.05) is 81.2 Å². The van der Waals surface area contributed by atoms with Crippen molar-refractivity contribution in [3.05, 3.63) is 64.7 Å². The highest BCUT2D eigenvalue weighted by Gasteiger charge is 2.29. The fourth-order valence-electron chi connectivity index (χ4n) is 6.44. The van der Waals surface area contributed by atoms with Crippen molar-refractivity contribution in [1.82, 2.24) is 0 Å². The molecule has 0 atom stereocenters. The second-order valence-corrected chi connectivity index (χ2v) is 11.0. The molecule has 0 amide bonds. The van der Waals surface area contributed by atoms with Gasteiger partial charge in [-0.3, -0.25) is 0 Å². The maximum Gasteiger partial charge on any atom is -0.0152 e. The Hall–Kier alpha value is -1.82. The van der Waals surface area contributed by atoms with Crippen LogP contribution in [-0.2, 0) is 6.42 Å². The van der Waals surface area contributed by atoms with Crippen molar-refractivity contribution in [1.29, 1.82) is 0 Å². The maximum atomic E-state index is 2.45. The smallest absolute Gasteiger partial charge is 0.0152 e. The van der Waals surface area contributed by atoms with Gasteiger partial charge in [0.2, 0.25) is 0 Å². The molecule has 0 heteroatoms. The predicted molar refractivity (Wildman–Crippen MR) is 141 cm³/mol. The first-order valence-corrected chi connectivity index (χ1v) is 13.4. The Morgan fingerprint density at radius 3 is 2.00 bits per heavy atom. The summed E-state index contributed by atoms with van der Waals surface area (Å²) in [6.45, 7) is 9.04. The van der Waals surface area contributed by atoms with Crippen LogP contribution in [0.2, 0.25) is 0 Å². The maximum absolute atomic E-state index is 2.45. The lowest BCUT2D eigenvalue weighted by molar-refractivity contribution is 0.148. The molecule has 0 aliphatic heterocycles. The summed E-state index contributed by atoms with van der Waals surface area (Å²) in [5.74, 6) is 4.04. The summed E-state index contributed by atoms with van der Waals surface area (Å²) in [7, 11) is 0. The third-order valence-electron chi connectivity index (χ3n) is 8.90. The minimum atomic E-state index is 0.956. The van der Waals surface area contributed by atoms with Gasteiger partial charge >= 0.3 is 0 Å². The minimum absolute atomic E-state index is 0.956.